The highest BCUT2D eigenvalue weighted by Gasteiger charge is 2.47. The van der Waals surface area contributed by atoms with Crippen LogP contribution in [0.15, 0.2) is 58.2 Å². The highest BCUT2D eigenvalue weighted by Crippen LogP contribution is 2.34. The molecule has 142 valence electrons. The van der Waals surface area contributed by atoms with Gasteiger partial charge in [-0.15, -0.1) is 0 Å². The van der Waals surface area contributed by atoms with E-state index in [9.17, 15) is 26.4 Å². The first-order valence-electron chi connectivity index (χ1n) is 7.72. The number of anilines is 1. The fourth-order valence-electron chi connectivity index (χ4n) is 2.57. The Morgan fingerprint density at radius 1 is 1.07 bits per heavy atom. The molecule has 3 aromatic rings. The SMILES string of the molecule is Cn1c(CNc2ccccc2S(=O)(=O)C(F)(F)F)nc2ccccc2c1=O. The topological polar surface area (TPSA) is 81.1 Å². The van der Waals surface area contributed by atoms with Crippen LogP contribution in [-0.4, -0.2) is 23.5 Å². The summed E-state index contributed by atoms with van der Waals surface area (Å²) in [6, 6.07) is 11.4. The zero-order valence-corrected chi connectivity index (χ0v) is 14.8. The zero-order valence-electron chi connectivity index (χ0n) is 14.0. The van der Waals surface area contributed by atoms with Crippen molar-refractivity contribution < 1.29 is 21.6 Å². The van der Waals surface area contributed by atoms with E-state index in [1.165, 1.54) is 29.8 Å². The summed E-state index contributed by atoms with van der Waals surface area (Å²) in [5, 5.41) is 3.05. The van der Waals surface area contributed by atoms with Gasteiger partial charge in [0.05, 0.1) is 28.0 Å². The molecule has 0 radical (unpaired) electrons. The summed E-state index contributed by atoms with van der Waals surface area (Å²) >= 11 is 0. The van der Waals surface area contributed by atoms with Crippen LogP contribution in [0.4, 0.5) is 18.9 Å². The minimum atomic E-state index is -5.52. The molecule has 0 spiro atoms. The van der Waals surface area contributed by atoms with E-state index in [4.69, 9.17) is 0 Å². The molecule has 0 aliphatic rings. The molecule has 0 unspecified atom stereocenters. The standard InChI is InChI=1S/C17H14F3N3O3S/c1-23-15(22-12-7-3-2-6-11(12)16(23)24)10-21-13-8-4-5-9-14(13)27(25,26)17(18,19)20/h2-9,21H,10H2,1H3. The van der Waals surface area contributed by atoms with Gasteiger partial charge in [-0.1, -0.05) is 24.3 Å². The number of para-hydroxylation sites is 2. The first kappa shape index (κ1) is 18.9. The van der Waals surface area contributed by atoms with Crippen LogP contribution in [0.1, 0.15) is 5.82 Å². The van der Waals surface area contributed by atoms with Crippen molar-refractivity contribution in [1.82, 2.24) is 9.55 Å². The lowest BCUT2D eigenvalue weighted by Crippen LogP contribution is -2.26. The Morgan fingerprint density at radius 2 is 1.70 bits per heavy atom. The maximum absolute atomic E-state index is 12.9. The number of fused-ring (bicyclic) bond motifs is 1. The van der Waals surface area contributed by atoms with Crippen molar-refractivity contribution >= 4 is 26.4 Å². The van der Waals surface area contributed by atoms with Crippen LogP contribution >= 0.6 is 0 Å². The molecule has 0 saturated carbocycles. The van der Waals surface area contributed by atoms with Gasteiger partial charge >= 0.3 is 5.51 Å². The number of aromatic nitrogens is 2. The van der Waals surface area contributed by atoms with Crippen LogP contribution in [-0.2, 0) is 23.4 Å². The molecule has 3 rings (SSSR count). The predicted octanol–water partition coefficient (Wildman–Crippen LogP) is 2.84. The quantitative estimate of drug-likeness (QED) is 0.732. The Labute approximate surface area is 152 Å². The Morgan fingerprint density at radius 3 is 2.41 bits per heavy atom. The molecule has 0 saturated heterocycles. The molecule has 1 N–H and O–H groups in total. The fraction of sp³-hybridized carbons (Fsp3) is 0.176. The number of hydrogen-bond donors (Lipinski definition) is 1. The van der Waals surface area contributed by atoms with E-state index in [2.05, 4.69) is 10.3 Å². The maximum atomic E-state index is 12.9. The van der Waals surface area contributed by atoms with Gasteiger partial charge in [-0.05, 0) is 24.3 Å². The number of nitrogens with zero attached hydrogens (tertiary/aromatic N) is 2. The molecule has 0 atom stereocenters. The number of benzene rings is 2. The second kappa shape index (κ2) is 6.69. The van der Waals surface area contributed by atoms with Gasteiger partial charge in [-0.25, -0.2) is 13.4 Å². The summed E-state index contributed by atoms with van der Waals surface area (Å²) in [6.07, 6.45) is 0. The predicted molar refractivity (Wildman–Crippen MR) is 94.0 cm³/mol. The van der Waals surface area contributed by atoms with E-state index in [-0.39, 0.29) is 23.6 Å². The van der Waals surface area contributed by atoms with Crippen molar-refractivity contribution in [3.8, 4) is 0 Å². The van der Waals surface area contributed by atoms with E-state index >= 15 is 0 Å². The monoisotopic (exact) mass is 397 g/mol. The van der Waals surface area contributed by atoms with E-state index in [0.717, 1.165) is 6.07 Å². The third-order valence-electron chi connectivity index (χ3n) is 3.99. The smallest absolute Gasteiger partial charge is 0.377 e. The minimum absolute atomic E-state index is 0.138. The normalized spacial score (nSPS) is 12.3. The van der Waals surface area contributed by atoms with Crippen LogP contribution in [0.5, 0.6) is 0 Å². The van der Waals surface area contributed by atoms with E-state index < -0.39 is 20.2 Å². The van der Waals surface area contributed by atoms with Gasteiger partial charge in [0.2, 0.25) is 0 Å². The molecule has 1 heterocycles. The lowest BCUT2D eigenvalue weighted by molar-refractivity contribution is -0.0435. The Kier molecular flexibility index (Phi) is 4.68. The third kappa shape index (κ3) is 3.39. The molecule has 1 aromatic heterocycles. The molecule has 2 aromatic carbocycles. The summed E-state index contributed by atoms with van der Waals surface area (Å²) in [7, 11) is -4.03. The number of rotatable bonds is 4. The second-order valence-electron chi connectivity index (χ2n) is 5.71. The lowest BCUT2D eigenvalue weighted by atomic mass is 10.2. The number of nitrogens with one attached hydrogen (secondary N) is 1. The summed E-state index contributed by atoms with van der Waals surface area (Å²) in [5.41, 5.74) is -5.52. The lowest BCUT2D eigenvalue weighted by Gasteiger charge is -2.15. The van der Waals surface area contributed by atoms with Gasteiger partial charge in [0.15, 0.2) is 0 Å². The minimum Gasteiger partial charge on any atom is -0.377 e. The summed E-state index contributed by atoms with van der Waals surface area (Å²) in [6.45, 7) is -0.138. The van der Waals surface area contributed by atoms with Crippen LogP contribution < -0.4 is 10.9 Å². The number of sulfone groups is 1. The van der Waals surface area contributed by atoms with Crippen molar-refractivity contribution in [3.63, 3.8) is 0 Å². The van der Waals surface area contributed by atoms with E-state index in [1.54, 1.807) is 24.3 Å². The Hall–Kier alpha value is -2.88. The summed E-state index contributed by atoms with van der Waals surface area (Å²) < 4.78 is 63.4. The van der Waals surface area contributed by atoms with Crippen molar-refractivity contribution in [2.24, 2.45) is 7.05 Å². The molecule has 6 nitrogen and oxygen atoms in total. The highest BCUT2D eigenvalue weighted by atomic mass is 32.2. The van der Waals surface area contributed by atoms with Crippen molar-refractivity contribution in [3.05, 3.63) is 64.7 Å². The van der Waals surface area contributed by atoms with Crippen LogP contribution in [0.3, 0.4) is 0 Å². The molecule has 27 heavy (non-hydrogen) atoms. The molecular formula is C17H14F3N3O3S. The Balaban J connectivity index is 1.99. The van der Waals surface area contributed by atoms with Crippen molar-refractivity contribution in [1.29, 1.82) is 0 Å². The van der Waals surface area contributed by atoms with E-state index in [0.29, 0.717) is 10.9 Å². The fourth-order valence-corrected chi connectivity index (χ4v) is 3.50. The summed E-state index contributed by atoms with van der Waals surface area (Å²) in [4.78, 5) is 15.8. The maximum Gasteiger partial charge on any atom is 0.501 e. The van der Waals surface area contributed by atoms with Gasteiger partial charge < -0.3 is 5.32 Å². The molecule has 0 aliphatic carbocycles. The Bertz CT molecular complexity index is 1170. The van der Waals surface area contributed by atoms with Crippen molar-refractivity contribution in [2.75, 3.05) is 5.32 Å². The van der Waals surface area contributed by atoms with Gasteiger partial charge in [-0.2, -0.15) is 13.2 Å². The van der Waals surface area contributed by atoms with Gasteiger partial charge in [0.1, 0.15) is 5.82 Å². The average molecular weight is 397 g/mol. The molecule has 0 amide bonds. The zero-order chi connectivity index (χ0) is 19.8. The first-order chi connectivity index (χ1) is 12.6. The van der Waals surface area contributed by atoms with E-state index in [1.807, 2.05) is 0 Å². The number of hydrogen-bond acceptors (Lipinski definition) is 5. The molecule has 0 fully saturated rings. The van der Waals surface area contributed by atoms with Gasteiger partial charge in [-0.3, -0.25) is 9.36 Å². The van der Waals surface area contributed by atoms with Crippen molar-refractivity contribution in [2.45, 2.75) is 16.9 Å². The number of halogens is 3. The highest BCUT2D eigenvalue weighted by molar-refractivity contribution is 7.92. The largest absolute Gasteiger partial charge is 0.501 e. The van der Waals surface area contributed by atoms with Crippen LogP contribution in [0.2, 0.25) is 0 Å². The van der Waals surface area contributed by atoms with Gasteiger partial charge in [0, 0.05) is 7.05 Å². The molecule has 0 bridgehead atoms. The van der Waals surface area contributed by atoms with Crippen LogP contribution in [0, 0.1) is 0 Å². The van der Waals surface area contributed by atoms with Gasteiger partial charge in [0.25, 0.3) is 15.4 Å². The molecule has 10 heteroatoms. The second-order valence-corrected chi connectivity index (χ2v) is 7.62. The molecular weight excluding hydrogens is 383 g/mol. The van der Waals surface area contributed by atoms with Crippen LogP contribution in [0.25, 0.3) is 10.9 Å². The number of alkyl halides is 3. The first-order valence-corrected chi connectivity index (χ1v) is 9.20. The molecule has 0 aliphatic heterocycles. The third-order valence-corrected chi connectivity index (χ3v) is 5.54. The summed E-state index contributed by atoms with van der Waals surface area (Å²) in [5.74, 6) is 0.248. The average Bonchev–Trinajstić information content (AvgIpc) is 2.63.